The van der Waals surface area contributed by atoms with Crippen LogP contribution in [0, 0.1) is 5.92 Å². The Hall–Kier alpha value is -1.36. The molecule has 1 heterocycles. The molecule has 0 bridgehead atoms. The largest absolute Gasteiger partial charge is 0.466 e. The van der Waals surface area contributed by atoms with Crippen LogP contribution in [0.1, 0.15) is 43.3 Å². The maximum Gasteiger partial charge on any atom is 0.307 e. The number of carbonyl (C=O) groups is 2. The van der Waals surface area contributed by atoms with Gasteiger partial charge in [0.2, 0.25) is 0 Å². The number of nitrogens with zero attached hydrogens (tertiary/aromatic N) is 1. The predicted molar refractivity (Wildman–Crippen MR) is 80.9 cm³/mol. The Morgan fingerprint density at radius 2 is 2.10 bits per heavy atom. The van der Waals surface area contributed by atoms with Gasteiger partial charge in [-0.2, -0.15) is 0 Å². The lowest BCUT2D eigenvalue weighted by atomic mass is 10.1. The van der Waals surface area contributed by atoms with Crippen LogP contribution in [0.25, 0.3) is 0 Å². The van der Waals surface area contributed by atoms with Crippen molar-refractivity contribution in [1.82, 2.24) is 4.90 Å². The summed E-state index contributed by atoms with van der Waals surface area (Å²) in [7, 11) is 0. The van der Waals surface area contributed by atoms with E-state index < -0.39 is 0 Å². The third-order valence-electron chi connectivity index (χ3n) is 2.89. The molecule has 0 spiro atoms. The van der Waals surface area contributed by atoms with Crippen molar-refractivity contribution in [3.05, 3.63) is 22.4 Å². The van der Waals surface area contributed by atoms with Gasteiger partial charge >= 0.3 is 5.97 Å². The predicted octanol–water partition coefficient (Wildman–Crippen LogP) is 3.19. The minimum atomic E-state index is -0.249. The topological polar surface area (TPSA) is 46.6 Å². The number of ether oxygens (including phenoxy) is 1. The lowest BCUT2D eigenvalue weighted by Gasteiger charge is -2.22. The Morgan fingerprint density at radius 3 is 2.65 bits per heavy atom. The summed E-state index contributed by atoms with van der Waals surface area (Å²) in [6.07, 6.45) is 1.18. The number of hydrogen-bond acceptors (Lipinski definition) is 4. The average Bonchev–Trinajstić information content (AvgIpc) is 2.92. The van der Waals surface area contributed by atoms with Crippen molar-refractivity contribution >= 4 is 23.2 Å². The smallest absolute Gasteiger partial charge is 0.307 e. The van der Waals surface area contributed by atoms with Gasteiger partial charge in [-0.3, -0.25) is 9.59 Å². The highest BCUT2D eigenvalue weighted by Gasteiger charge is 2.18. The molecule has 4 nitrogen and oxygen atoms in total. The van der Waals surface area contributed by atoms with Crippen molar-refractivity contribution in [3.63, 3.8) is 0 Å². The summed E-state index contributed by atoms with van der Waals surface area (Å²) in [6, 6.07) is 3.68. The second-order valence-electron chi connectivity index (χ2n) is 5.01. The fourth-order valence-electron chi connectivity index (χ4n) is 1.74. The molecule has 0 radical (unpaired) electrons. The number of rotatable bonds is 8. The Bertz CT molecular complexity index is 415. The van der Waals surface area contributed by atoms with Gasteiger partial charge in [-0.1, -0.05) is 19.9 Å². The van der Waals surface area contributed by atoms with Crippen molar-refractivity contribution in [2.45, 2.75) is 33.6 Å². The third kappa shape index (κ3) is 5.74. The summed E-state index contributed by atoms with van der Waals surface area (Å²) in [4.78, 5) is 26.3. The molecular formula is C15H23NO3S. The number of amides is 1. The van der Waals surface area contributed by atoms with E-state index in [4.69, 9.17) is 4.74 Å². The Labute approximate surface area is 124 Å². The number of carbonyl (C=O) groups excluding carboxylic acids is 2. The standard InChI is InChI=1S/C15H23NO3S/c1-4-19-14(17)8-10-16(9-7-12(2)3)15(18)13-6-5-11-20-13/h5-6,11-12H,4,7-10H2,1-3H3. The second-order valence-corrected chi connectivity index (χ2v) is 5.95. The summed E-state index contributed by atoms with van der Waals surface area (Å²) < 4.78 is 4.91. The fourth-order valence-corrected chi connectivity index (χ4v) is 2.44. The summed E-state index contributed by atoms with van der Waals surface area (Å²) in [5, 5.41) is 1.89. The van der Waals surface area contributed by atoms with Gasteiger partial charge < -0.3 is 9.64 Å². The van der Waals surface area contributed by atoms with Gasteiger partial charge in [-0.15, -0.1) is 11.3 Å². The van der Waals surface area contributed by atoms with Gasteiger partial charge in [0, 0.05) is 13.1 Å². The molecule has 1 aromatic rings. The van der Waals surface area contributed by atoms with Crippen LogP contribution in [0.3, 0.4) is 0 Å². The Balaban J connectivity index is 2.60. The van der Waals surface area contributed by atoms with Crippen LogP contribution in [0.15, 0.2) is 17.5 Å². The minimum Gasteiger partial charge on any atom is -0.466 e. The van der Waals surface area contributed by atoms with Crippen molar-refractivity contribution < 1.29 is 14.3 Å². The molecule has 0 aliphatic carbocycles. The first-order valence-electron chi connectivity index (χ1n) is 7.03. The molecule has 0 aromatic carbocycles. The number of esters is 1. The van der Waals surface area contributed by atoms with Crippen LogP contribution < -0.4 is 0 Å². The van der Waals surface area contributed by atoms with Gasteiger partial charge in [-0.05, 0) is 30.7 Å². The van der Waals surface area contributed by atoms with Gasteiger partial charge in [-0.25, -0.2) is 0 Å². The van der Waals surface area contributed by atoms with E-state index >= 15 is 0 Å². The van der Waals surface area contributed by atoms with Gasteiger partial charge in [0.15, 0.2) is 0 Å². The average molecular weight is 297 g/mol. The third-order valence-corrected chi connectivity index (χ3v) is 3.74. The second kappa shape index (κ2) is 8.74. The molecule has 0 fully saturated rings. The normalized spacial score (nSPS) is 10.6. The monoisotopic (exact) mass is 297 g/mol. The molecule has 112 valence electrons. The molecule has 0 aliphatic heterocycles. The summed E-state index contributed by atoms with van der Waals surface area (Å²) in [5.74, 6) is 0.280. The molecule has 0 aliphatic rings. The van der Waals surface area contributed by atoms with Crippen LogP contribution in [0.4, 0.5) is 0 Å². The molecule has 0 atom stereocenters. The van der Waals surface area contributed by atoms with Crippen LogP contribution in [0.2, 0.25) is 0 Å². The first-order chi connectivity index (χ1) is 9.54. The van der Waals surface area contributed by atoms with E-state index in [1.807, 2.05) is 17.5 Å². The first-order valence-corrected chi connectivity index (χ1v) is 7.91. The molecule has 20 heavy (non-hydrogen) atoms. The van der Waals surface area contributed by atoms with E-state index in [0.29, 0.717) is 25.6 Å². The summed E-state index contributed by atoms with van der Waals surface area (Å²) >= 11 is 1.43. The first kappa shape index (κ1) is 16.7. The van der Waals surface area contributed by atoms with Crippen molar-refractivity contribution in [1.29, 1.82) is 0 Å². The van der Waals surface area contributed by atoms with Crippen molar-refractivity contribution in [3.8, 4) is 0 Å². The van der Waals surface area contributed by atoms with E-state index in [9.17, 15) is 9.59 Å². The molecule has 1 amide bonds. The van der Waals surface area contributed by atoms with E-state index in [2.05, 4.69) is 13.8 Å². The lowest BCUT2D eigenvalue weighted by Crippen LogP contribution is -2.34. The zero-order valence-corrected chi connectivity index (χ0v) is 13.2. The van der Waals surface area contributed by atoms with Gasteiger partial charge in [0.25, 0.3) is 5.91 Å². The highest BCUT2D eigenvalue weighted by atomic mass is 32.1. The number of thiophene rings is 1. The van der Waals surface area contributed by atoms with E-state index in [-0.39, 0.29) is 18.3 Å². The van der Waals surface area contributed by atoms with Crippen molar-refractivity contribution in [2.75, 3.05) is 19.7 Å². The summed E-state index contributed by atoms with van der Waals surface area (Å²) in [5.41, 5.74) is 0. The minimum absolute atomic E-state index is 0.00458. The quantitative estimate of drug-likeness (QED) is 0.692. The van der Waals surface area contributed by atoms with Gasteiger partial charge in [0.1, 0.15) is 0 Å². The molecule has 1 aromatic heterocycles. The molecule has 0 N–H and O–H groups in total. The van der Waals surface area contributed by atoms with E-state index in [0.717, 1.165) is 11.3 Å². The highest BCUT2D eigenvalue weighted by Crippen LogP contribution is 2.14. The Kier molecular flexibility index (Phi) is 7.30. The zero-order chi connectivity index (χ0) is 15.0. The van der Waals surface area contributed by atoms with E-state index in [1.54, 1.807) is 11.8 Å². The van der Waals surface area contributed by atoms with E-state index in [1.165, 1.54) is 11.3 Å². The summed E-state index contributed by atoms with van der Waals surface area (Å²) in [6.45, 7) is 7.50. The molecule has 0 unspecified atom stereocenters. The van der Waals surface area contributed by atoms with Crippen LogP contribution in [-0.2, 0) is 9.53 Å². The van der Waals surface area contributed by atoms with Crippen molar-refractivity contribution in [2.24, 2.45) is 5.92 Å². The number of hydrogen-bond donors (Lipinski definition) is 0. The lowest BCUT2D eigenvalue weighted by molar-refractivity contribution is -0.143. The van der Waals surface area contributed by atoms with Gasteiger partial charge in [0.05, 0.1) is 17.9 Å². The zero-order valence-electron chi connectivity index (χ0n) is 12.4. The van der Waals surface area contributed by atoms with Crippen LogP contribution >= 0.6 is 11.3 Å². The molecule has 0 saturated carbocycles. The highest BCUT2D eigenvalue weighted by molar-refractivity contribution is 7.12. The van der Waals surface area contributed by atoms with Crippen LogP contribution in [0.5, 0.6) is 0 Å². The fraction of sp³-hybridized carbons (Fsp3) is 0.600. The molecule has 1 rings (SSSR count). The Morgan fingerprint density at radius 1 is 1.35 bits per heavy atom. The maximum atomic E-state index is 12.4. The molecule has 0 saturated heterocycles. The maximum absolute atomic E-state index is 12.4. The van der Waals surface area contributed by atoms with Crippen LogP contribution in [-0.4, -0.2) is 36.5 Å². The SMILES string of the molecule is CCOC(=O)CCN(CCC(C)C)C(=O)c1cccs1. The molecular weight excluding hydrogens is 274 g/mol. The molecule has 5 heteroatoms.